The van der Waals surface area contributed by atoms with Crippen molar-refractivity contribution in [1.29, 1.82) is 0 Å². The van der Waals surface area contributed by atoms with Crippen molar-refractivity contribution in [3.8, 4) is 0 Å². The lowest BCUT2D eigenvalue weighted by molar-refractivity contribution is -0.482. The highest BCUT2D eigenvalue weighted by Crippen LogP contribution is 2.31. The Bertz CT molecular complexity index is 1150. The third-order valence-corrected chi connectivity index (χ3v) is 6.02. The Morgan fingerprint density at radius 2 is 1.65 bits per heavy atom. The van der Waals surface area contributed by atoms with Gasteiger partial charge in [-0.15, -0.1) is 12.1 Å². The molecule has 1 aliphatic heterocycles. The highest BCUT2D eigenvalue weighted by Gasteiger charge is 2.31. The molecule has 1 amide bonds. The van der Waals surface area contributed by atoms with E-state index in [4.69, 9.17) is 0 Å². The maximum atomic E-state index is 13.4. The normalized spacial score (nSPS) is 15.6. The Balaban J connectivity index is 1.59. The van der Waals surface area contributed by atoms with Gasteiger partial charge in [-0.3, -0.25) is 9.69 Å². The first kappa shape index (κ1) is 23.3. The van der Waals surface area contributed by atoms with Crippen molar-refractivity contribution in [2.45, 2.75) is 25.4 Å². The third-order valence-electron chi connectivity index (χ3n) is 6.02. The van der Waals surface area contributed by atoms with Crippen molar-refractivity contribution >= 4 is 24.3 Å². The van der Waals surface area contributed by atoms with Crippen LogP contribution < -0.4 is 5.32 Å². The zero-order valence-electron chi connectivity index (χ0n) is 19.1. The van der Waals surface area contributed by atoms with Crippen LogP contribution in [0.2, 0.25) is 0 Å². The van der Waals surface area contributed by atoms with Crippen LogP contribution in [0.15, 0.2) is 84.9 Å². The minimum Gasteiger partial charge on any atom is -0.477 e. The molecule has 0 radical (unpaired) electrons. The Morgan fingerprint density at radius 3 is 2.35 bits per heavy atom. The molecule has 0 aliphatic carbocycles. The molecule has 1 heterocycles. The zero-order chi connectivity index (χ0) is 23.9. The van der Waals surface area contributed by atoms with Crippen molar-refractivity contribution in [2.24, 2.45) is 0 Å². The third kappa shape index (κ3) is 5.53. The number of rotatable bonds is 9. The quantitative estimate of drug-likeness (QED) is 0.290. The number of carbonyl (C=O) groups is 2. The van der Waals surface area contributed by atoms with E-state index in [-0.39, 0.29) is 18.5 Å². The van der Waals surface area contributed by atoms with Crippen molar-refractivity contribution < 1.29 is 19.3 Å². The molecule has 174 valence electrons. The van der Waals surface area contributed by atoms with Gasteiger partial charge in [0.05, 0.1) is 12.8 Å². The highest BCUT2D eigenvalue weighted by atomic mass is 16.4. The number of aliphatic carboxylic acids is 1. The predicted molar refractivity (Wildman–Crippen MR) is 133 cm³/mol. The maximum absolute atomic E-state index is 13.4. The Hall–Kier alpha value is -3.90. The van der Waals surface area contributed by atoms with Crippen LogP contribution in [0.1, 0.15) is 29.5 Å². The fourth-order valence-corrected chi connectivity index (χ4v) is 4.49. The molecular weight excluding hydrogens is 426 g/mol. The molecule has 3 aromatic carbocycles. The van der Waals surface area contributed by atoms with Gasteiger partial charge in [0, 0.05) is 12.2 Å². The Kier molecular flexibility index (Phi) is 7.40. The van der Waals surface area contributed by atoms with Gasteiger partial charge < -0.3 is 10.4 Å². The van der Waals surface area contributed by atoms with Crippen LogP contribution in [0.5, 0.6) is 0 Å². The molecule has 0 saturated carbocycles. The van der Waals surface area contributed by atoms with Gasteiger partial charge in [0.1, 0.15) is 0 Å². The average Bonchev–Trinajstić information content (AvgIpc) is 3.29. The van der Waals surface area contributed by atoms with E-state index in [1.807, 2.05) is 72.8 Å². The van der Waals surface area contributed by atoms with Gasteiger partial charge in [0.25, 0.3) is 0 Å². The molecule has 0 unspecified atom stereocenters. The summed E-state index contributed by atoms with van der Waals surface area (Å²) in [6.45, 7) is 5.32. The summed E-state index contributed by atoms with van der Waals surface area (Å²) in [7, 11) is 0. The summed E-state index contributed by atoms with van der Waals surface area (Å²) in [6, 6.07) is 27.6. The van der Waals surface area contributed by atoms with E-state index in [2.05, 4.69) is 29.1 Å². The van der Waals surface area contributed by atoms with Crippen LogP contribution in [0.25, 0.3) is 0 Å². The summed E-state index contributed by atoms with van der Waals surface area (Å²) in [4.78, 5) is 27.0. The molecular formula is C28H29N3O3. The summed E-state index contributed by atoms with van der Waals surface area (Å²) in [6.07, 6.45) is 1.77. The Morgan fingerprint density at radius 1 is 1.00 bits per heavy atom. The second-order valence-corrected chi connectivity index (χ2v) is 8.46. The van der Waals surface area contributed by atoms with E-state index >= 15 is 0 Å². The lowest BCUT2D eigenvalue weighted by Gasteiger charge is -2.26. The fourth-order valence-electron chi connectivity index (χ4n) is 4.49. The summed E-state index contributed by atoms with van der Waals surface area (Å²) in [5.74, 6) is -1.03. The number of carboxylic acid groups (broad SMARTS) is 1. The number of benzene rings is 3. The number of carbonyl (C=O) groups excluding carboxylic acids is 1. The second-order valence-electron chi connectivity index (χ2n) is 8.46. The van der Waals surface area contributed by atoms with Gasteiger partial charge in [0.15, 0.2) is 6.04 Å². The maximum Gasteiger partial charge on any atom is 0.369 e. The predicted octanol–water partition coefficient (Wildman–Crippen LogP) is 4.02. The SMILES string of the molecule is C=[N+](CC(=O)O)[C-](c1ccccc1)c1ccccc1NC(=O)[C@H]1CCCN1Cc1ccccc1. The van der Waals surface area contributed by atoms with E-state index in [1.54, 1.807) is 0 Å². The number of para-hydroxylation sites is 1. The van der Waals surface area contributed by atoms with Crippen LogP contribution in [0.3, 0.4) is 0 Å². The highest BCUT2D eigenvalue weighted by molar-refractivity contribution is 5.96. The van der Waals surface area contributed by atoms with Gasteiger partial charge >= 0.3 is 5.97 Å². The molecule has 0 aromatic heterocycles. The number of hydrogen-bond acceptors (Lipinski definition) is 3. The number of carboxylic acids is 1. The standard InChI is InChI=1S/C28H29N3O3/c1-30(20-26(32)33)27(22-13-6-3-7-14-22)23-15-8-9-16-24(23)29-28(34)25-17-10-18-31(25)19-21-11-4-2-5-12-21/h2-9,11-16,25H,1,10,17-20H2,(H,29,34)(H,32,33)/t25-/m1/s1. The molecule has 34 heavy (non-hydrogen) atoms. The molecule has 0 spiro atoms. The number of amides is 1. The van der Waals surface area contributed by atoms with Crippen molar-refractivity contribution in [3.63, 3.8) is 0 Å². The molecule has 6 nitrogen and oxygen atoms in total. The molecule has 6 heteroatoms. The van der Waals surface area contributed by atoms with Gasteiger partial charge in [-0.25, -0.2) is 9.37 Å². The smallest absolute Gasteiger partial charge is 0.369 e. The van der Waals surface area contributed by atoms with E-state index in [9.17, 15) is 14.7 Å². The molecule has 1 fully saturated rings. The second kappa shape index (κ2) is 10.8. The number of hydrogen-bond donors (Lipinski definition) is 2. The van der Waals surface area contributed by atoms with E-state index in [1.165, 1.54) is 10.1 Å². The topological polar surface area (TPSA) is 72.6 Å². The van der Waals surface area contributed by atoms with E-state index in [0.717, 1.165) is 37.1 Å². The van der Waals surface area contributed by atoms with Crippen LogP contribution in [0, 0.1) is 6.04 Å². The van der Waals surface area contributed by atoms with Crippen LogP contribution in [-0.4, -0.2) is 52.3 Å². The van der Waals surface area contributed by atoms with Gasteiger partial charge in [-0.05, 0) is 36.1 Å². The van der Waals surface area contributed by atoms with Crippen LogP contribution in [0.4, 0.5) is 5.69 Å². The van der Waals surface area contributed by atoms with Crippen molar-refractivity contribution in [2.75, 3.05) is 18.4 Å². The fraction of sp³-hybridized carbons (Fsp3) is 0.214. The minimum atomic E-state index is -0.979. The minimum absolute atomic E-state index is 0.0536. The van der Waals surface area contributed by atoms with Gasteiger partial charge in [0.2, 0.25) is 12.5 Å². The van der Waals surface area contributed by atoms with E-state index < -0.39 is 5.97 Å². The van der Waals surface area contributed by atoms with Crippen molar-refractivity contribution in [1.82, 2.24) is 4.90 Å². The van der Waals surface area contributed by atoms with E-state index in [0.29, 0.717) is 11.7 Å². The lowest BCUT2D eigenvalue weighted by Crippen LogP contribution is -2.39. The first-order valence-corrected chi connectivity index (χ1v) is 11.4. The summed E-state index contributed by atoms with van der Waals surface area (Å²) < 4.78 is 1.46. The molecule has 2 N–H and O–H groups in total. The van der Waals surface area contributed by atoms with Crippen molar-refractivity contribution in [3.05, 3.63) is 108 Å². The van der Waals surface area contributed by atoms with Crippen LogP contribution >= 0.6 is 0 Å². The molecule has 1 atom stereocenters. The molecule has 3 aromatic rings. The van der Waals surface area contributed by atoms with Gasteiger partial charge in [-0.1, -0.05) is 72.8 Å². The first-order valence-electron chi connectivity index (χ1n) is 11.4. The van der Waals surface area contributed by atoms with Crippen LogP contribution in [-0.2, 0) is 16.1 Å². The lowest BCUT2D eigenvalue weighted by atomic mass is 9.96. The molecule has 1 aliphatic rings. The average molecular weight is 456 g/mol. The molecule has 4 rings (SSSR count). The Labute approximate surface area is 200 Å². The number of nitrogens with one attached hydrogen (secondary N) is 1. The zero-order valence-corrected chi connectivity index (χ0v) is 19.1. The largest absolute Gasteiger partial charge is 0.477 e. The molecule has 1 saturated heterocycles. The molecule has 0 bridgehead atoms. The first-order chi connectivity index (χ1) is 16.5. The number of anilines is 1. The number of likely N-dealkylation sites (tertiary alicyclic amines) is 1. The summed E-state index contributed by atoms with van der Waals surface area (Å²) in [5, 5.41) is 12.5. The summed E-state index contributed by atoms with van der Waals surface area (Å²) in [5.41, 5.74) is 3.37. The summed E-state index contributed by atoms with van der Waals surface area (Å²) >= 11 is 0. The van der Waals surface area contributed by atoms with Gasteiger partial charge in [-0.2, -0.15) is 0 Å². The number of nitrogens with zero attached hydrogens (tertiary/aromatic N) is 2. The monoisotopic (exact) mass is 455 g/mol.